The van der Waals surface area contributed by atoms with Crippen LogP contribution in [0.15, 0.2) is 84.5 Å². The topological polar surface area (TPSA) is 0 Å². The molecule has 1 fully saturated rings. The number of benzene rings is 2. The van der Waals surface area contributed by atoms with E-state index in [9.17, 15) is 0 Å². The van der Waals surface area contributed by atoms with E-state index in [1.165, 1.54) is 30.4 Å². The Labute approximate surface area is 193 Å². The van der Waals surface area contributed by atoms with E-state index >= 15 is 0 Å². The van der Waals surface area contributed by atoms with Gasteiger partial charge in [-0.3, -0.25) is 0 Å². The maximum Gasteiger partial charge on any atom is -1.00 e. The van der Waals surface area contributed by atoms with E-state index in [2.05, 4.69) is 106 Å². The van der Waals surface area contributed by atoms with Gasteiger partial charge in [0.2, 0.25) is 0 Å². The van der Waals surface area contributed by atoms with Crippen molar-refractivity contribution in [3.63, 3.8) is 0 Å². The molecule has 27 heavy (non-hydrogen) atoms. The average molecular weight is 454 g/mol. The van der Waals surface area contributed by atoms with E-state index in [1.807, 2.05) is 0 Å². The van der Waals surface area contributed by atoms with Crippen LogP contribution in [0.1, 0.15) is 37.3 Å². The summed E-state index contributed by atoms with van der Waals surface area (Å²) in [7, 11) is 0. The number of fused-ring (bicyclic) bond motifs is 1. The first kappa shape index (κ1) is 24.5. The fraction of sp³-hybridized carbons (Fsp3) is 0.304. The van der Waals surface area contributed by atoms with Crippen LogP contribution in [0.3, 0.4) is 0 Å². The zero-order valence-corrected chi connectivity index (χ0v) is 19.2. The first-order chi connectivity index (χ1) is 11.7. The Balaban J connectivity index is 0.00000121. The Morgan fingerprint density at radius 2 is 1.41 bits per heavy atom. The zero-order chi connectivity index (χ0) is 16.6. The Bertz CT molecular complexity index is 746. The number of halogens is 3. The summed E-state index contributed by atoms with van der Waals surface area (Å²) in [6.45, 7) is 2.46. The molecule has 0 radical (unpaired) electrons. The third-order valence-corrected chi connectivity index (χ3v) is 7.81. The molecule has 0 aromatic heterocycles. The van der Waals surface area contributed by atoms with Crippen molar-refractivity contribution in [2.45, 2.75) is 35.3 Å². The number of rotatable bonds is 3. The summed E-state index contributed by atoms with van der Waals surface area (Å²) >= 11 is 2.50. The van der Waals surface area contributed by atoms with Crippen molar-refractivity contribution < 1.29 is 57.7 Å². The normalized spacial score (nSPS) is 23.2. The van der Waals surface area contributed by atoms with Crippen LogP contribution in [0.4, 0.5) is 0 Å². The van der Waals surface area contributed by atoms with Crippen LogP contribution in [0, 0.1) is 5.92 Å². The van der Waals surface area contributed by atoms with E-state index in [0.29, 0.717) is 0 Å². The summed E-state index contributed by atoms with van der Waals surface area (Å²) < 4.78 is 0.158. The van der Waals surface area contributed by atoms with Gasteiger partial charge in [-0.1, -0.05) is 0 Å². The minimum Gasteiger partial charge on any atom is -1.00 e. The van der Waals surface area contributed by atoms with Gasteiger partial charge in [0.1, 0.15) is 0 Å². The van der Waals surface area contributed by atoms with Crippen molar-refractivity contribution in [2.75, 3.05) is 0 Å². The Kier molecular flexibility index (Phi) is 8.92. The fourth-order valence-electron chi connectivity index (χ4n) is 4.72. The first-order valence-electron chi connectivity index (χ1n) is 8.89. The minimum absolute atomic E-state index is 0. The second-order valence-corrected chi connectivity index (χ2v) is 8.62. The van der Waals surface area contributed by atoms with Crippen LogP contribution < -0.4 is 37.2 Å². The molecule has 0 saturated heterocycles. The molecule has 140 valence electrons. The molecule has 0 heterocycles. The van der Waals surface area contributed by atoms with Crippen LogP contribution in [-0.2, 0) is 25.9 Å². The maximum absolute atomic E-state index is 2.50. The molecule has 0 N–H and O–H groups in total. The largest absolute Gasteiger partial charge is 1.00 e. The molecule has 2 aliphatic rings. The van der Waals surface area contributed by atoms with Crippen LogP contribution in [0.25, 0.3) is 0 Å². The second kappa shape index (κ2) is 9.81. The summed E-state index contributed by atoms with van der Waals surface area (Å²) in [6, 6.07) is 22.2. The summed E-state index contributed by atoms with van der Waals surface area (Å²) in [5.41, 5.74) is 4.49. The predicted octanol–water partition coefficient (Wildman–Crippen LogP) is -2.99. The molecule has 2 atom stereocenters. The molecule has 0 bridgehead atoms. The van der Waals surface area contributed by atoms with Crippen molar-refractivity contribution in [3.05, 3.63) is 95.6 Å². The van der Waals surface area contributed by atoms with Crippen LogP contribution >= 0.6 is 0 Å². The summed E-state index contributed by atoms with van der Waals surface area (Å²) in [5.74, 6) is 0.728. The van der Waals surface area contributed by atoms with E-state index in [4.69, 9.17) is 0 Å². The van der Waals surface area contributed by atoms with Crippen molar-refractivity contribution >= 4 is 0 Å². The van der Waals surface area contributed by atoms with Gasteiger partial charge in [0.25, 0.3) is 0 Å². The van der Waals surface area contributed by atoms with Crippen molar-refractivity contribution in [1.82, 2.24) is 0 Å². The average Bonchev–Trinajstić information content (AvgIpc) is 3.01. The standard InChI is InChI=1S/C23H23.3ClH.Ti/c1-23(19-11-4-2-5-12-19,20-13-6-3-7-14-20)22-17-16-18-10-8-9-15-21(18)22;;;;/h2-9,11-15,18H,10,16-17H2,1H3;3*1H;/q;;;;+3/p-3. The number of hydrogen-bond donors (Lipinski definition) is 0. The summed E-state index contributed by atoms with van der Waals surface area (Å²) in [4.78, 5) is 0. The fourth-order valence-corrected chi connectivity index (χ4v) is 5.84. The molecule has 4 rings (SSSR count). The molecule has 2 aromatic rings. The van der Waals surface area contributed by atoms with E-state index in [0.717, 1.165) is 5.92 Å². The Hall–Kier alpha value is -0.496. The molecule has 0 amide bonds. The molecule has 2 aliphatic carbocycles. The first-order valence-corrected chi connectivity index (χ1v) is 9.67. The van der Waals surface area contributed by atoms with Gasteiger partial charge in [0.05, 0.1) is 0 Å². The van der Waals surface area contributed by atoms with Gasteiger partial charge < -0.3 is 37.2 Å². The molecular weight excluding hydrogens is 430 g/mol. The molecular formula is C23H23Cl3Ti. The van der Waals surface area contributed by atoms with Crippen LogP contribution in [0.5, 0.6) is 0 Å². The summed E-state index contributed by atoms with van der Waals surface area (Å²) in [6.07, 6.45) is 10.8. The molecule has 2 aromatic carbocycles. The van der Waals surface area contributed by atoms with Gasteiger partial charge in [0, 0.05) is 0 Å². The molecule has 0 nitrogen and oxygen atoms in total. The Morgan fingerprint density at radius 1 is 0.889 bits per heavy atom. The quantitative estimate of drug-likeness (QED) is 0.435. The third-order valence-electron chi connectivity index (χ3n) is 6.19. The molecule has 2 unspecified atom stereocenters. The predicted molar refractivity (Wildman–Crippen MR) is 96.6 cm³/mol. The van der Waals surface area contributed by atoms with Gasteiger partial charge in [-0.25, -0.2) is 0 Å². The zero-order valence-electron chi connectivity index (χ0n) is 15.3. The van der Waals surface area contributed by atoms with Gasteiger partial charge in [0.15, 0.2) is 0 Å². The van der Waals surface area contributed by atoms with E-state index in [-0.39, 0.29) is 46.4 Å². The monoisotopic (exact) mass is 452 g/mol. The molecule has 4 heteroatoms. The van der Waals surface area contributed by atoms with Crippen molar-refractivity contribution in [2.24, 2.45) is 5.92 Å². The SMILES string of the molecule is CC(c1ccccc1)(c1ccccc1)[C]1([Ti+3])CCC2CC=CC=C21.[Cl-].[Cl-].[Cl-]. The van der Waals surface area contributed by atoms with Gasteiger partial charge >= 0.3 is 157 Å². The molecule has 1 saturated carbocycles. The van der Waals surface area contributed by atoms with Gasteiger partial charge in [-0.2, -0.15) is 0 Å². The van der Waals surface area contributed by atoms with Crippen molar-refractivity contribution in [1.29, 1.82) is 0 Å². The Morgan fingerprint density at radius 3 is 1.93 bits per heavy atom. The van der Waals surface area contributed by atoms with E-state index in [1.54, 1.807) is 5.57 Å². The van der Waals surface area contributed by atoms with Crippen LogP contribution in [0.2, 0.25) is 3.72 Å². The van der Waals surface area contributed by atoms with Gasteiger partial charge in [-0.05, 0) is 0 Å². The molecule has 0 spiro atoms. The third kappa shape index (κ3) is 3.98. The van der Waals surface area contributed by atoms with Crippen LogP contribution in [-0.4, -0.2) is 0 Å². The maximum atomic E-state index is 2.50. The van der Waals surface area contributed by atoms with E-state index < -0.39 is 0 Å². The summed E-state index contributed by atoms with van der Waals surface area (Å²) in [5, 5.41) is 0. The minimum atomic E-state index is -0.0126. The number of allylic oxidation sites excluding steroid dienone is 4. The van der Waals surface area contributed by atoms with Crippen molar-refractivity contribution in [3.8, 4) is 0 Å². The molecule has 0 aliphatic heterocycles. The van der Waals surface area contributed by atoms with Gasteiger partial charge in [-0.15, -0.1) is 0 Å². The second-order valence-electron chi connectivity index (χ2n) is 7.28. The smallest absolute Gasteiger partial charge is 1.00 e. The number of hydrogen-bond acceptors (Lipinski definition) is 0.